The number of imidazole rings is 1. The van der Waals surface area contributed by atoms with Crippen LogP contribution in [0, 0.1) is 0 Å². The Bertz CT molecular complexity index is 935. The number of hydrazone groups is 1. The highest BCUT2D eigenvalue weighted by Crippen LogP contribution is 2.23. The van der Waals surface area contributed by atoms with E-state index >= 15 is 0 Å². The molecule has 0 aliphatic rings. The summed E-state index contributed by atoms with van der Waals surface area (Å²) >= 11 is 1.41. The van der Waals surface area contributed by atoms with Gasteiger partial charge in [-0.25, -0.2) is 10.4 Å². The normalized spacial score (nSPS) is 11.2. The fourth-order valence-electron chi connectivity index (χ4n) is 2.63. The van der Waals surface area contributed by atoms with Crippen LogP contribution in [-0.4, -0.2) is 34.0 Å². The number of hydrogen-bond donors (Lipinski definition) is 1. The Morgan fingerprint density at radius 2 is 2.00 bits per heavy atom. The van der Waals surface area contributed by atoms with Crippen molar-refractivity contribution < 1.29 is 9.53 Å². The van der Waals surface area contributed by atoms with Gasteiger partial charge in [0.05, 0.1) is 29.6 Å². The van der Waals surface area contributed by atoms with Crippen molar-refractivity contribution in [1.29, 1.82) is 0 Å². The van der Waals surface area contributed by atoms with Gasteiger partial charge in [-0.05, 0) is 55.8 Å². The van der Waals surface area contributed by atoms with Gasteiger partial charge >= 0.3 is 0 Å². The highest BCUT2D eigenvalue weighted by atomic mass is 32.2. The number of carbonyl (C=O) groups excluding carboxylic acids is 1. The van der Waals surface area contributed by atoms with E-state index in [1.165, 1.54) is 11.8 Å². The Hall–Kier alpha value is -2.80. The lowest BCUT2D eigenvalue weighted by Crippen LogP contribution is -2.20. The minimum atomic E-state index is -0.170. The van der Waals surface area contributed by atoms with Crippen LogP contribution in [0.15, 0.2) is 58.8 Å². The summed E-state index contributed by atoms with van der Waals surface area (Å²) in [6.07, 6.45) is 1.61. The van der Waals surface area contributed by atoms with Crippen LogP contribution in [0.2, 0.25) is 0 Å². The van der Waals surface area contributed by atoms with E-state index < -0.39 is 0 Å². The molecule has 0 radical (unpaired) electrons. The van der Waals surface area contributed by atoms with Crippen molar-refractivity contribution in [1.82, 2.24) is 15.0 Å². The molecule has 7 heteroatoms. The van der Waals surface area contributed by atoms with Crippen LogP contribution in [0.4, 0.5) is 0 Å². The fourth-order valence-corrected chi connectivity index (χ4v) is 3.50. The summed E-state index contributed by atoms with van der Waals surface area (Å²) in [4.78, 5) is 16.7. The molecule has 1 heterocycles. The number of amides is 1. The minimum Gasteiger partial charge on any atom is -0.494 e. The first-order valence-corrected chi connectivity index (χ1v) is 9.82. The summed E-state index contributed by atoms with van der Waals surface area (Å²) in [5, 5.41) is 4.85. The fraction of sp³-hybridized carbons (Fsp3) is 0.250. The average molecular weight is 382 g/mol. The van der Waals surface area contributed by atoms with Gasteiger partial charge in [0.2, 0.25) is 0 Å². The second-order valence-corrected chi connectivity index (χ2v) is 6.65. The number of carbonyl (C=O) groups is 1. The van der Waals surface area contributed by atoms with Gasteiger partial charge in [-0.2, -0.15) is 5.10 Å². The van der Waals surface area contributed by atoms with Crippen molar-refractivity contribution in [2.45, 2.75) is 25.5 Å². The van der Waals surface area contributed by atoms with Crippen LogP contribution >= 0.6 is 11.8 Å². The molecule has 1 amide bonds. The van der Waals surface area contributed by atoms with Gasteiger partial charge in [-0.1, -0.05) is 23.9 Å². The number of thioether (sulfide) groups is 1. The van der Waals surface area contributed by atoms with Crippen molar-refractivity contribution in [3.63, 3.8) is 0 Å². The van der Waals surface area contributed by atoms with E-state index in [2.05, 4.69) is 27.0 Å². The van der Waals surface area contributed by atoms with Crippen molar-refractivity contribution >= 4 is 34.9 Å². The molecule has 27 heavy (non-hydrogen) atoms. The first-order chi connectivity index (χ1) is 13.2. The number of ether oxygens (including phenoxy) is 1. The molecule has 0 spiro atoms. The molecule has 3 aromatic rings. The number of nitrogens with zero attached hydrogens (tertiary/aromatic N) is 3. The molecule has 0 saturated heterocycles. The molecule has 0 aliphatic heterocycles. The quantitative estimate of drug-likeness (QED) is 0.366. The molecule has 6 nitrogen and oxygen atoms in total. The summed E-state index contributed by atoms with van der Waals surface area (Å²) in [7, 11) is 0. The van der Waals surface area contributed by atoms with Gasteiger partial charge in [0.1, 0.15) is 5.75 Å². The topological polar surface area (TPSA) is 68.5 Å². The van der Waals surface area contributed by atoms with Crippen LogP contribution < -0.4 is 10.2 Å². The van der Waals surface area contributed by atoms with Crippen LogP contribution in [0.25, 0.3) is 11.0 Å². The molecule has 3 rings (SSSR count). The van der Waals surface area contributed by atoms with Gasteiger partial charge in [-0.15, -0.1) is 0 Å². The summed E-state index contributed by atoms with van der Waals surface area (Å²) in [5.41, 5.74) is 5.46. The maximum Gasteiger partial charge on any atom is 0.250 e. The molecule has 0 saturated carbocycles. The zero-order chi connectivity index (χ0) is 19.1. The molecule has 1 N–H and O–H groups in total. The Balaban J connectivity index is 1.54. The van der Waals surface area contributed by atoms with Crippen LogP contribution in [0.1, 0.15) is 19.4 Å². The van der Waals surface area contributed by atoms with Crippen molar-refractivity contribution in [3.05, 3.63) is 54.1 Å². The Morgan fingerprint density at radius 1 is 1.22 bits per heavy atom. The lowest BCUT2D eigenvalue weighted by atomic mass is 10.2. The van der Waals surface area contributed by atoms with Crippen molar-refractivity contribution in [3.8, 4) is 5.75 Å². The van der Waals surface area contributed by atoms with E-state index in [4.69, 9.17) is 4.74 Å². The van der Waals surface area contributed by atoms with Crippen LogP contribution in [-0.2, 0) is 11.3 Å². The molecule has 0 bridgehead atoms. The SMILES string of the molecule is CCOc1ccc(C=NNC(=O)CSc2nc3ccccc3n2CC)cc1. The zero-order valence-electron chi connectivity index (χ0n) is 15.4. The van der Waals surface area contributed by atoms with Crippen LogP contribution in [0.3, 0.4) is 0 Å². The molecule has 140 valence electrons. The van der Waals surface area contributed by atoms with Crippen molar-refractivity contribution in [2.75, 3.05) is 12.4 Å². The zero-order valence-corrected chi connectivity index (χ0v) is 16.2. The Morgan fingerprint density at radius 3 is 2.74 bits per heavy atom. The first-order valence-electron chi connectivity index (χ1n) is 8.84. The lowest BCUT2D eigenvalue weighted by Gasteiger charge is -2.05. The molecular weight excluding hydrogens is 360 g/mol. The number of rotatable bonds is 8. The maximum atomic E-state index is 12.1. The third-order valence-electron chi connectivity index (χ3n) is 3.86. The highest BCUT2D eigenvalue weighted by Gasteiger charge is 2.11. The molecule has 2 aromatic carbocycles. The third kappa shape index (κ3) is 4.89. The molecule has 0 fully saturated rings. The smallest absolute Gasteiger partial charge is 0.250 e. The average Bonchev–Trinajstić information content (AvgIpc) is 3.05. The van der Waals surface area contributed by atoms with E-state index in [0.717, 1.165) is 34.0 Å². The molecular formula is C20H22N4O2S. The van der Waals surface area contributed by atoms with E-state index in [0.29, 0.717) is 6.61 Å². The standard InChI is InChI=1S/C20H22N4O2S/c1-3-24-18-8-6-5-7-17(18)22-20(24)27-14-19(25)23-21-13-15-9-11-16(12-10-15)26-4-2/h5-13H,3-4,14H2,1-2H3,(H,23,25). The number of aromatic nitrogens is 2. The monoisotopic (exact) mass is 382 g/mol. The van der Waals surface area contributed by atoms with Gasteiger partial charge in [0, 0.05) is 6.54 Å². The molecule has 0 atom stereocenters. The van der Waals surface area contributed by atoms with Gasteiger partial charge in [0.25, 0.3) is 5.91 Å². The van der Waals surface area contributed by atoms with Gasteiger partial charge in [-0.3, -0.25) is 4.79 Å². The summed E-state index contributed by atoms with van der Waals surface area (Å²) in [6, 6.07) is 15.5. The predicted octanol–water partition coefficient (Wildman–Crippen LogP) is 3.70. The number of nitrogens with one attached hydrogen (secondary N) is 1. The van der Waals surface area contributed by atoms with E-state index in [9.17, 15) is 4.79 Å². The van der Waals surface area contributed by atoms with E-state index in [-0.39, 0.29) is 11.7 Å². The first kappa shape index (κ1) is 19.0. The number of hydrogen-bond acceptors (Lipinski definition) is 5. The molecule has 1 aromatic heterocycles. The number of para-hydroxylation sites is 2. The summed E-state index contributed by atoms with van der Waals surface area (Å²) < 4.78 is 7.50. The minimum absolute atomic E-state index is 0.170. The summed E-state index contributed by atoms with van der Waals surface area (Å²) in [5.74, 6) is 0.898. The van der Waals surface area contributed by atoms with E-state index in [1.54, 1.807) is 6.21 Å². The molecule has 0 unspecified atom stereocenters. The second-order valence-electron chi connectivity index (χ2n) is 5.71. The van der Waals surface area contributed by atoms with Gasteiger partial charge in [0.15, 0.2) is 5.16 Å². The summed E-state index contributed by atoms with van der Waals surface area (Å²) in [6.45, 7) is 5.45. The predicted molar refractivity (Wildman–Crippen MR) is 109 cm³/mol. The largest absolute Gasteiger partial charge is 0.494 e. The Labute approximate surface area is 162 Å². The Kier molecular flexibility index (Phi) is 6.49. The number of fused-ring (bicyclic) bond motifs is 1. The second kappa shape index (κ2) is 9.23. The van der Waals surface area contributed by atoms with E-state index in [1.807, 2.05) is 55.5 Å². The number of benzene rings is 2. The third-order valence-corrected chi connectivity index (χ3v) is 4.84. The van der Waals surface area contributed by atoms with Crippen molar-refractivity contribution in [2.24, 2.45) is 5.10 Å². The van der Waals surface area contributed by atoms with Crippen LogP contribution in [0.5, 0.6) is 5.75 Å². The maximum absolute atomic E-state index is 12.1. The number of aryl methyl sites for hydroxylation is 1. The lowest BCUT2D eigenvalue weighted by molar-refractivity contribution is -0.118. The molecule has 0 aliphatic carbocycles. The van der Waals surface area contributed by atoms with Gasteiger partial charge < -0.3 is 9.30 Å². The highest BCUT2D eigenvalue weighted by molar-refractivity contribution is 7.99.